The summed E-state index contributed by atoms with van der Waals surface area (Å²) >= 11 is 0. The molecule has 0 aromatic heterocycles. The van der Waals surface area contributed by atoms with Crippen LogP contribution >= 0.6 is 0 Å². The number of fused-ring (bicyclic) bond motifs is 1. The van der Waals surface area contributed by atoms with E-state index in [1.165, 1.54) is 22.3 Å². The summed E-state index contributed by atoms with van der Waals surface area (Å²) in [6, 6.07) is 18.3. The third kappa shape index (κ3) is 2.57. The summed E-state index contributed by atoms with van der Waals surface area (Å²) in [6.45, 7) is 5.48. The van der Waals surface area contributed by atoms with Crippen LogP contribution in [0.5, 0.6) is 0 Å². The molecule has 0 radical (unpaired) electrons. The Hall–Kier alpha value is -1.60. The summed E-state index contributed by atoms with van der Waals surface area (Å²) in [5, 5.41) is 3.61. The second-order valence-electron chi connectivity index (χ2n) is 5.73. The largest absolute Gasteiger partial charge is 0.306 e. The van der Waals surface area contributed by atoms with Crippen molar-refractivity contribution < 1.29 is 0 Å². The van der Waals surface area contributed by atoms with Gasteiger partial charge in [-0.25, -0.2) is 0 Å². The third-order valence-corrected chi connectivity index (χ3v) is 4.06. The van der Waals surface area contributed by atoms with Crippen LogP contribution in [0.4, 0.5) is 0 Å². The van der Waals surface area contributed by atoms with E-state index < -0.39 is 0 Å². The number of hydrogen-bond donors (Lipinski definition) is 1. The molecule has 98 valence electrons. The predicted octanol–water partition coefficient (Wildman–Crippen LogP) is 4.20. The van der Waals surface area contributed by atoms with Crippen LogP contribution in [0.1, 0.15) is 48.1 Å². The topological polar surface area (TPSA) is 12.0 Å². The Balaban J connectivity index is 1.76. The molecular weight excluding hydrogens is 230 g/mol. The molecule has 2 aromatic carbocycles. The fourth-order valence-electron chi connectivity index (χ4n) is 2.83. The molecule has 19 heavy (non-hydrogen) atoms. The maximum atomic E-state index is 3.61. The molecule has 1 unspecified atom stereocenters. The molecule has 0 spiro atoms. The minimum atomic E-state index is 0.473. The van der Waals surface area contributed by atoms with Crippen molar-refractivity contribution in [3.63, 3.8) is 0 Å². The molecule has 0 fully saturated rings. The van der Waals surface area contributed by atoms with Crippen LogP contribution in [0.25, 0.3) is 0 Å². The minimum Gasteiger partial charge on any atom is -0.306 e. The predicted molar refractivity (Wildman–Crippen MR) is 80.3 cm³/mol. The average Bonchev–Trinajstić information content (AvgIpc) is 2.83. The number of benzene rings is 2. The Morgan fingerprint density at radius 1 is 1.05 bits per heavy atom. The monoisotopic (exact) mass is 251 g/mol. The van der Waals surface area contributed by atoms with Gasteiger partial charge in [0.25, 0.3) is 0 Å². The molecule has 3 rings (SSSR count). The van der Waals surface area contributed by atoms with Crippen molar-refractivity contribution in [3.05, 3.63) is 70.8 Å². The van der Waals surface area contributed by atoms with E-state index in [9.17, 15) is 0 Å². The van der Waals surface area contributed by atoms with E-state index in [-0.39, 0.29) is 0 Å². The SMILES string of the molecule is CC(C)c1ccc(CC2NCc3ccccc32)cc1. The Bertz CT molecular complexity index is 554. The molecule has 0 amide bonds. The molecular formula is C18H21N. The van der Waals surface area contributed by atoms with E-state index in [0.29, 0.717) is 12.0 Å². The van der Waals surface area contributed by atoms with Gasteiger partial charge < -0.3 is 5.32 Å². The van der Waals surface area contributed by atoms with Crippen LogP contribution in [0.3, 0.4) is 0 Å². The van der Waals surface area contributed by atoms with Gasteiger partial charge in [-0.15, -0.1) is 0 Å². The Labute approximate surface area is 115 Å². The van der Waals surface area contributed by atoms with E-state index in [0.717, 1.165) is 13.0 Å². The number of hydrogen-bond acceptors (Lipinski definition) is 1. The molecule has 0 saturated carbocycles. The molecule has 1 nitrogen and oxygen atoms in total. The highest BCUT2D eigenvalue weighted by molar-refractivity contribution is 5.35. The lowest BCUT2D eigenvalue weighted by molar-refractivity contribution is 0.581. The van der Waals surface area contributed by atoms with Crippen LogP contribution in [-0.4, -0.2) is 0 Å². The quantitative estimate of drug-likeness (QED) is 0.862. The van der Waals surface area contributed by atoms with Gasteiger partial charge >= 0.3 is 0 Å². The van der Waals surface area contributed by atoms with Crippen molar-refractivity contribution in [1.29, 1.82) is 0 Å². The molecule has 2 aromatic rings. The molecule has 1 aliphatic heterocycles. The van der Waals surface area contributed by atoms with Crippen LogP contribution in [0.15, 0.2) is 48.5 Å². The Morgan fingerprint density at radius 2 is 1.79 bits per heavy atom. The highest BCUT2D eigenvalue weighted by Gasteiger charge is 2.21. The van der Waals surface area contributed by atoms with Crippen LogP contribution in [-0.2, 0) is 13.0 Å². The van der Waals surface area contributed by atoms with Gasteiger partial charge in [-0.2, -0.15) is 0 Å². The summed E-state index contributed by atoms with van der Waals surface area (Å²) in [5.41, 5.74) is 5.75. The fraction of sp³-hybridized carbons (Fsp3) is 0.333. The molecule has 0 aliphatic carbocycles. The minimum absolute atomic E-state index is 0.473. The first-order valence-corrected chi connectivity index (χ1v) is 7.14. The average molecular weight is 251 g/mol. The Kier molecular flexibility index (Phi) is 3.39. The van der Waals surface area contributed by atoms with Gasteiger partial charge in [0.05, 0.1) is 0 Å². The summed E-state index contributed by atoms with van der Waals surface area (Å²) in [4.78, 5) is 0. The lowest BCUT2D eigenvalue weighted by Crippen LogP contribution is -2.14. The lowest BCUT2D eigenvalue weighted by atomic mass is 9.96. The normalized spacial score (nSPS) is 17.7. The van der Waals surface area contributed by atoms with Crippen molar-refractivity contribution in [3.8, 4) is 0 Å². The van der Waals surface area contributed by atoms with Crippen molar-refractivity contribution in [2.24, 2.45) is 0 Å². The third-order valence-electron chi connectivity index (χ3n) is 4.06. The highest BCUT2D eigenvalue weighted by Crippen LogP contribution is 2.28. The number of rotatable bonds is 3. The molecule has 0 bridgehead atoms. The summed E-state index contributed by atoms with van der Waals surface area (Å²) in [6.07, 6.45) is 1.08. The van der Waals surface area contributed by atoms with Gasteiger partial charge in [0, 0.05) is 12.6 Å². The molecule has 1 heteroatoms. The molecule has 1 heterocycles. The van der Waals surface area contributed by atoms with Crippen molar-refractivity contribution in [2.75, 3.05) is 0 Å². The zero-order chi connectivity index (χ0) is 13.2. The smallest absolute Gasteiger partial charge is 0.0367 e. The standard InChI is InChI=1S/C18H21N/c1-13(2)15-9-7-14(8-10-15)11-18-17-6-4-3-5-16(17)12-19-18/h3-10,13,18-19H,11-12H2,1-2H3. The summed E-state index contributed by atoms with van der Waals surface area (Å²) < 4.78 is 0. The first kappa shape index (κ1) is 12.4. The van der Waals surface area contributed by atoms with Gasteiger partial charge in [-0.3, -0.25) is 0 Å². The van der Waals surface area contributed by atoms with E-state index in [1.807, 2.05) is 0 Å². The first-order chi connectivity index (χ1) is 9.24. The van der Waals surface area contributed by atoms with Gasteiger partial charge in [0.2, 0.25) is 0 Å². The lowest BCUT2D eigenvalue weighted by Gasteiger charge is -2.13. The number of nitrogens with one attached hydrogen (secondary N) is 1. The van der Waals surface area contributed by atoms with Crippen LogP contribution < -0.4 is 5.32 Å². The van der Waals surface area contributed by atoms with E-state index >= 15 is 0 Å². The molecule has 0 saturated heterocycles. The zero-order valence-corrected chi connectivity index (χ0v) is 11.7. The van der Waals surface area contributed by atoms with Crippen molar-refractivity contribution >= 4 is 0 Å². The van der Waals surface area contributed by atoms with Gasteiger partial charge in [0.15, 0.2) is 0 Å². The van der Waals surface area contributed by atoms with E-state index in [4.69, 9.17) is 0 Å². The van der Waals surface area contributed by atoms with Gasteiger partial charge in [-0.05, 0) is 34.6 Å². The fourth-order valence-corrected chi connectivity index (χ4v) is 2.83. The van der Waals surface area contributed by atoms with Crippen LogP contribution in [0.2, 0.25) is 0 Å². The van der Waals surface area contributed by atoms with E-state index in [1.54, 1.807) is 0 Å². The van der Waals surface area contributed by atoms with Gasteiger partial charge in [-0.1, -0.05) is 62.4 Å². The van der Waals surface area contributed by atoms with Crippen molar-refractivity contribution in [1.82, 2.24) is 5.32 Å². The van der Waals surface area contributed by atoms with Crippen molar-refractivity contribution in [2.45, 2.75) is 38.8 Å². The summed E-state index contributed by atoms with van der Waals surface area (Å²) in [5.74, 6) is 0.611. The first-order valence-electron chi connectivity index (χ1n) is 7.14. The summed E-state index contributed by atoms with van der Waals surface area (Å²) in [7, 11) is 0. The zero-order valence-electron chi connectivity index (χ0n) is 11.7. The second-order valence-corrected chi connectivity index (χ2v) is 5.73. The van der Waals surface area contributed by atoms with Crippen LogP contribution in [0, 0.1) is 0 Å². The van der Waals surface area contributed by atoms with Gasteiger partial charge in [0.1, 0.15) is 0 Å². The molecule has 1 atom stereocenters. The second kappa shape index (κ2) is 5.18. The molecule has 1 N–H and O–H groups in total. The highest BCUT2D eigenvalue weighted by atomic mass is 14.9. The maximum Gasteiger partial charge on any atom is 0.0367 e. The van der Waals surface area contributed by atoms with E-state index in [2.05, 4.69) is 67.7 Å². The molecule has 1 aliphatic rings. The Morgan fingerprint density at radius 3 is 2.53 bits per heavy atom. The maximum absolute atomic E-state index is 3.61.